The van der Waals surface area contributed by atoms with Gasteiger partial charge in [-0.2, -0.15) is 12.6 Å². The fourth-order valence-electron chi connectivity index (χ4n) is 1.66. The Morgan fingerprint density at radius 3 is 2.44 bits per heavy atom. The van der Waals surface area contributed by atoms with Crippen molar-refractivity contribution in [2.45, 2.75) is 33.1 Å². The average Bonchev–Trinajstić information content (AvgIpc) is 2.27. The maximum Gasteiger partial charge on any atom is 0.138 e. The summed E-state index contributed by atoms with van der Waals surface area (Å²) in [6, 6.07) is 10.2. The molecular formula is C14H20OS. The summed E-state index contributed by atoms with van der Waals surface area (Å²) in [4.78, 5) is 12.0. The molecule has 0 amide bonds. The summed E-state index contributed by atoms with van der Waals surface area (Å²) in [6.07, 6.45) is 2.32. The number of Topliss-reactive ketones (excluding diaryl/α,β-unsaturated/α-hetero) is 1. The largest absolute Gasteiger partial charge is 0.299 e. The lowest BCUT2D eigenvalue weighted by molar-refractivity contribution is -0.127. The van der Waals surface area contributed by atoms with Crippen molar-refractivity contribution in [3.8, 4) is 0 Å². The number of benzene rings is 1. The minimum atomic E-state index is -0.226. The number of carbonyl (C=O) groups excluding carboxylic acids is 1. The van der Waals surface area contributed by atoms with E-state index in [4.69, 9.17) is 0 Å². The summed E-state index contributed by atoms with van der Waals surface area (Å²) < 4.78 is 0. The Labute approximate surface area is 104 Å². The molecule has 0 saturated carbocycles. The third-order valence-corrected chi connectivity index (χ3v) is 3.20. The third kappa shape index (κ3) is 4.01. The quantitative estimate of drug-likeness (QED) is 0.748. The highest BCUT2D eigenvalue weighted by Gasteiger charge is 2.25. The first-order valence-corrected chi connectivity index (χ1v) is 6.37. The fourth-order valence-corrected chi connectivity index (χ4v) is 2.22. The molecule has 0 N–H and O–H groups in total. The molecule has 2 heteroatoms. The molecule has 16 heavy (non-hydrogen) atoms. The number of rotatable bonds is 6. The molecule has 1 aromatic carbocycles. The van der Waals surface area contributed by atoms with Crippen molar-refractivity contribution in [1.29, 1.82) is 0 Å². The van der Waals surface area contributed by atoms with Crippen LogP contribution in [-0.4, -0.2) is 11.5 Å². The minimum absolute atomic E-state index is 0.226. The van der Waals surface area contributed by atoms with Crippen LogP contribution in [0.5, 0.6) is 0 Å². The van der Waals surface area contributed by atoms with Gasteiger partial charge in [-0.3, -0.25) is 4.79 Å². The first-order valence-electron chi connectivity index (χ1n) is 5.74. The SMILES string of the molecule is CC(C)(CCS)C(=O)CCc1ccccc1. The summed E-state index contributed by atoms with van der Waals surface area (Å²) in [6.45, 7) is 4.02. The van der Waals surface area contributed by atoms with E-state index in [1.165, 1.54) is 5.56 Å². The Kier molecular flexibility index (Phi) is 5.07. The zero-order valence-electron chi connectivity index (χ0n) is 10.1. The van der Waals surface area contributed by atoms with Crippen molar-refractivity contribution in [3.05, 3.63) is 35.9 Å². The maximum atomic E-state index is 12.0. The van der Waals surface area contributed by atoms with E-state index in [-0.39, 0.29) is 5.41 Å². The van der Waals surface area contributed by atoms with Crippen molar-refractivity contribution in [2.75, 3.05) is 5.75 Å². The van der Waals surface area contributed by atoms with E-state index < -0.39 is 0 Å². The molecule has 0 fully saturated rings. The average molecular weight is 236 g/mol. The summed E-state index contributed by atoms with van der Waals surface area (Å²) in [5.41, 5.74) is 1.01. The second kappa shape index (κ2) is 6.09. The fraction of sp³-hybridized carbons (Fsp3) is 0.500. The van der Waals surface area contributed by atoms with Gasteiger partial charge in [-0.25, -0.2) is 0 Å². The smallest absolute Gasteiger partial charge is 0.138 e. The summed E-state index contributed by atoms with van der Waals surface area (Å²) in [7, 11) is 0. The van der Waals surface area contributed by atoms with Gasteiger partial charge in [-0.05, 0) is 24.2 Å². The van der Waals surface area contributed by atoms with Crippen LogP contribution in [0.15, 0.2) is 30.3 Å². The van der Waals surface area contributed by atoms with Crippen LogP contribution in [0.2, 0.25) is 0 Å². The Morgan fingerprint density at radius 2 is 1.88 bits per heavy atom. The molecule has 0 saturated heterocycles. The lowest BCUT2D eigenvalue weighted by Gasteiger charge is -2.21. The summed E-state index contributed by atoms with van der Waals surface area (Å²) in [5.74, 6) is 1.11. The van der Waals surface area contributed by atoms with Gasteiger partial charge in [0.15, 0.2) is 0 Å². The lowest BCUT2D eigenvalue weighted by Crippen LogP contribution is -2.25. The summed E-state index contributed by atoms with van der Waals surface area (Å²) in [5, 5.41) is 0. The standard InChI is InChI=1S/C14H20OS/c1-14(2,10-11-16)13(15)9-8-12-6-4-3-5-7-12/h3-7,16H,8-11H2,1-2H3. The van der Waals surface area contributed by atoms with Crippen LogP contribution in [0, 0.1) is 5.41 Å². The number of carbonyl (C=O) groups is 1. The van der Waals surface area contributed by atoms with Crippen molar-refractivity contribution in [3.63, 3.8) is 0 Å². The normalized spacial score (nSPS) is 11.4. The van der Waals surface area contributed by atoms with E-state index in [1.807, 2.05) is 32.0 Å². The van der Waals surface area contributed by atoms with Crippen molar-refractivity contribution < 1.29 is 4.79 Å². The molecule has 0 heterocycles. The minimum Gasteiger partial charge on any atom is -0.299 e. The van der Waals surface area contributed by atoms with Gasteiger partial charge in [-0.1, -0.05) is 44.2 Å². The molecular weight excluding hydrogens is 216 g/mol. The Bertz CT molecular complexity index is 330. The van der Waals surface area contributed by atoms with Crippen LogP contribution in [0.1, 0.15) is 32.3 Å². The molecule has 0 aromatic heterocycles. The molecule has 0 aliphatic heterocycles. The van der Waals surface area contributed by atoms with Gasteiger partial charge in [0.2, 0.25) is 0 Å². The zero-order valence-corrected chi connectivity index (χ0v) is 11.0. The van der Waals surface area contributed by atoms with E-state index in [0.29, 0.717) is 12.2 Å². The molecule has 0 spiro atoms. The van der Waals surface area contributed by atoms with Crippen molar-refractivity contribution in [2.24, 2.45) is 5.41 Å². The maximum absolute atomic E-state index is 12.0. The van der Waals surface area contributed by atoms with E-state index >= 15 is 0 Å². The van der Waals surface area contributed by atoms with Crippen LogP contribution in [0.3, 0.4) is 0 Å². The second-order valence-electron chi connectivity index (χ2n) is 4.77. The highest BCUT2D eigenvalue weighted by Crippen LogP contribution is 2.24. The topological polar surface area (TPSA) is 17.1 Å². The molecule has 0 aliphatic carbocycles. The molecule has 0 unspecified atom stereocenters. The Morgan fingerprint density at radius 1 is 1.25 bits per heavy atom. The van der Waals surface area contributed by atoms with Gasteiger partial charge in [-0.15, -0.1) is 0 Å². The number of thiol groups is 1. The molecule has 1 nitrogen and oxygen atoms in total. The number of hydrogen-bond acceptors (Lipinski definition) is 2. The summed E-state index contributed by atoms with van der Waals surface area (Å²) >= 11 is 4.19. The van der Waals surface area contributed by atoms with Gasteiger partial charge in [0, 0.05) is 11.8 Å². The monoisotopic (exact) mass is 236 g/mol. The van der Waals surface area contributed by atoms with Crippen LogP contribution < -0.4 is 0 Å². The Hall–Kier alpha value is -0.760. The second-order valence-corrected chi connectivity index (χ2v) is 5.21. The van der Waals surface area contributed by atoms with Crippen LogP contribution in [-0.2, 0) is 11.2 Å². The molecule has 0 aliphatic rings. The molecule has 0 atom stereocenters. The molecule has 0 bridgehead atoms. The van der Waals surface area contributed by atoms with E-state index in [9.17, 15) is 4.79 Å². The molecule has 88 valence electrons. The van der Waals surface area contributed by atoms with Crippen LogP contribution in [0.25, 0.3) is 0 Å². The Balaban J connectivity index is 2.47. The highest BCUT2D eigenvalue weighted by atomic mass is 32.1. The zero-order chi connectivity index (χ0) is 12.0. The van der Waals surface area contributed by atoms with Gasteiger partial charge in [0.25, 0.3) is 0 Å². The van der Waals surface area contributed by atoms with Crippen molar-refractivity contribution in [1.82, 2.24) is 0 Å². The third-order valence-electron chi connectivity index (χ3n) is 2.98. The lowest BCUT2D eigenvalue weighted by atomic mass is 9.83. The predicted molar refractivity (Wildman–Crippen MR) is 72.0 cm³/mol. The number of ketones is 1. The van der Waals surface area contributed by atoms with E-state index in [1.54, 1.807) is 0 Å². The first-order chi connectivity index (χ1) is 7.56. The molecule has 1 aromatic rings. The molecule has 0 radical (unpaired) electrons. The van der Waals surface area contributed by atoms with Gasteiger partial charge in [0.1, 0.15) is 5.78 Å². The van der Waals surface area contributed by atoms with Crippen molar-refractivity contribution >= 4 is 18.4 Å². The van der Waals surface area contributed by atoms with E-state index in [2.05, 4.69) is 24.8 Å². The van der Waals surface area contributed by atoms with Gasteiger partial charge < -0.3 is 0 Å². The highest BCUT2D eigenvalue weighted by molar-refractivity contribution is 7.80. The van der Waals surface area contributed by atoms with Crippen LogP contribution >= 0.6 is 12.6 Å². The first kappa shape index (κ1) is 13.3. The van der Waals surface area contributed by atoms with Gasteiger partial charge >= 0.3 is 0 Å². The van der Waals surface area contributed by atoms with E-state index in [0.717, 1.165) is 18.6 Å². The molecule has 1 rings (SSSR count). The number of hydrogen-bond donors (Lipinski definition) is 1. The number of aryl methyl sites for hydroxylation is 1. The predicted octanol–water partition coefficient (Wildman–Crippen LogP) is 3.53. The van der Waals surface area contributed by atoms with Crippen LogP contribution in [0.4, 0.5) is 0 Å². The van der Waals surface area contributed by atoms with Gasteiger partial charge in [0.05, 0.1) is 0 Å².